The summed E-state index contributed by atoms with van der Waals surface area (Å²) in [6.45, 7) is 9.05. The molecule has 0 bridgehead atoms. The third-order valence-electron chi connectivity index (χ3n) is 4.19. The number of aromatic nitrogens is 1. The van der Waals surface area contributed by atoms with E-state index in [9.17, 15) is 0 Å². The number of hydrogen-bond donors (Lipinski definition) is 1. The average Bonchev–Trinajstić information content (AvgIpc) is 2.82. The summed E-state index contributed by atoms with van der Waals surface area (Å²) in [5.74, 6) is 0.583. The van der Waals surface area contributed by atoms with Crippen molar-refractivity contribution in [2.24, 2.45) is 0 Å². The highest BCUT2D eigenvalue weighted by Gasteiger charge is 2.17. The molecule has 2 aromatic rings. The minimum Gasteiger partial charge on any atom is -0.367 e. The highest BCUT2D eigenvalue weighted by molar-refractivity contribution is 5.93. The molecular formula is C16H23N3. The fourth-order valence-corrected chi connectivity index (χ4v) is 2.79. The Labute approximate surface area is 115 Å². The molecule has 0 aliphatic carbocycles. The molecule has 0 amide bonds. The van der Waals surface area contributed by atoms with Gasteiger partial charge >= 0.3 is 0 Å². The average molecular weight is 257 g/mol. The van der Waals surface area contributed by atoms with Gasteiger partial charge in [0.2, 0.25) is 0 Å². The molecule has 0 atom stereocenters. The zero-order valence-corrected chi connectivity index (χ0v) is 12.1. The van der Waals surface area contributed by atoms with Crippen molar-refractivity contribution in [3.05, 3.63) is 30.0 Å². The summed E-state index contributed by atoms with van der Waals surface area (Å²) in [6, 6.07) is 6.80. The Bertz CT molecular complexity index is 562. The van der Waals surface area contributed by atoms with E-state index in [1.54, 1.807) is 0 Å². The van der Waals surface area contributed by atoms with Crippen LogP contribution in [-0.2, 0) is 0 Å². The first-order valence-electron chi connectivity index (χ1n) is 7.19. The van der Waals surface area contributed by atoms with Gasteiger partial charge in [-0.3, -0.25) is 0 Å². The van der Waals surface area contributed by atoms with Gasteiger partial charge in [0.15, 0.2) is 0 Å². The minimum atomic E-state index is 0.583. The standard InChI is InChI=1S/C16H23N3/c1-12(2)13-4-5-15-14(10-13)16(11-17-15)19-8-6-18(3)7-9-19/h4-5,10-12,17H,6-9H2,1-3H3. The maximum Gasteiger partial charge on any atom is 0.0624 e. The van der Waals surface area contributed by atoms with Gasteiger partial charge in [-0.15, -0.1) is 0 Å². The van der Waals surface area contributed by atoms with E-state index in [1.165, 1.54) is 22.2 Å². The Morgan fingerprint density at radius 3 is 2.53 bits per heavy atom. The molecule has 0 saturated carbocycles. The predicted octanol–water partition coefficient (Wildman–Crippen LogP) is 3.04. The minimum absolute atomic E-state index is 0.583. The molecule has 1 aromatic heterocycles. The van der Waals surface area contributed by atoms with Gasteiger partial charge in [0.25, 0.3) is 0 Å². The van der Waals surface area contributed by atoms with Crippen LogP contribution in [0.15, 0.2) is 24.4 Å². The highest BCUT2D eigenvalue weighted by atomic mass is 15.2. The molecular weight excluding hydrogens is 234 g/mol. The summed E-state index contributed by atoms with van der Waals surface area (Å²) in [5, 5.41) is 1.37. The Morgan fingerprint density at radius 1 is 1.11 bits per heavy atom. The molecule has 2 heterocycles. The molecule has 0 spiro atoms. The van der Waals surface area contributed by atoms with E-state index in [1.807, 2.05) is 0 Å². The number of H-pyrrole nitrogens is 1. The number of benzene rings is 1. The molecule has 1 saturated heterocycles. The number of likely N-dealkylation sites (N-methyl/N-ethyl adjacent to an activating group) is 1. The van der Waals surface area contributed by atoms with Gasteiger partial charge in [-0.2, -0.15) is 0 Å². The van der Waals surface area contributed by atoms with Crippen LogP contribution in [0.3, 0.4) is 0 Å². The SMILES string of the molecule is CC(C)c1ccc2[nH]cc(N3CCN(C)CC3)c2c1. The Hall–Kier alpha value is -1.48. The number of nitrogens with one attached hydrogen (secondary N) is 1. The predicted molar refractivity (Wildman–Crippen MR) is 82.1 cm³/mol. The number of fused-ring (bicyclic) bond motifs is 1. The Kier molecular flexibility index (Phi) is 3.23. The number of aromatic amines is 1. The molecule has 1 aliphatic heterocycles. The van der Waals surface area contributed by atoms with Crippen LogP contribution in [0, 0.1) is 0 Å². The summed E-state index contributed by atoms with van der Waals surface area (Å²) in [6.07, 6.45) is 2.17. The molecule has 1 fully saturated rings. The first-order chi connectivity index (χ1) is 9.15. The second-order valence-electron chi connectivity index (χ2n) is 5.92. The third-order valence-corrected chi connectivity index (χ3v) is 4.19. The van der Waals surface area contributed by atoms with Gasteiger partial charge in [0.05, 0.1) is 5.69 Å². The molecule has 1 N–H and O–H groups in total. The van der Waals surface area contributed by atoms with Crippen molar-refractivity contribution in [2.45, 2.75) is 19.8 Å². The summed E-state index contributed by atoms with van der Waals surface area (Å²) in [7, 11) is 2.20. The van der Waals surface area contributed by atoms with Gasteiger partial charge in [-0.25, -0.2) is 0 Å². The summed E-state index contributed by atoms with van der Waals surface area (Å²) in [4.78, 5) is 8.30. The summed E-state index contributed by atoms with van der Waals surface area (Å²) >= 11 is 0. The van der Waals surface area contributed by atoms with Crippen LogP contribution in [0.2, 0.25) is 0 Å². The molecule has 1 aliphatic rings. The molecule has 3 heteroatoms. The lowest BCUT2D eigenvalue weighted by Crippen LogP contribution is -2.44. The Morgan fingerprint density at radius 2 is 1.84 bits per heavy atom. The topological polar surface area (TPSA) is 22.3 Å². The van der Waals surface area contributed by atoms with Crippen LogP contribution in [0.5, 0.6) is 0 Å². The molecule has 0 unspecified atom stereocenters. The van der Waals surface area contributed by atoms with Crippen molar-refractivity contribution in [1.82, 2.24) is 9.88 Å². The van der Waals surface area contributed by atoms with Crippen molar-refractivity contribution in [3.8, 4) is 0 Å². The van der Waals surface area contributed by atoms with Crippen molar-refractivity contribution < 1.29 is 0 Å². The first-order valence-corrected chi connectivity index (χ1v) is 7.19. The van der Waals surface area contributed by atoms with E-state index in [0.717, 1.165) is 26.2 Å². The number of nitrogens with zero attached hydrogens (tertiary/aromatic N) is 2. The maximum atomic E-state index is 3.41. The quantitative estimate of drug-likeness (QED) is 0.893. The van der Waals surface area contributed by atoms with Gasteiger partial charge in [0.1, 0.15) is 0 Å². The normalized spacial score (nSPS) is 17.6. The molecule has 0 radical (unpaired) electrons. The van der Waals surface area contributed by atoms with Crippen LogP contribution in [0.1, 0.15) is 25.3 Å². The van der Waals surface area contributed by atoms with Crippen LogP contribution >= 0.6 is 0 Å². The fourth-order valence-electron chi connectivity index (χ4n) is 2.79. The molecule has 102 valence electrons. The maximum absolute atomic E-state index is 3.41. The lowest BCUT2D eigenvalue weighted by Gasteiger charge is -2.33. The van der Waals surface area contributed by atoms with Gasteiger partial charge in [0, 0.05) is 43.3 Å². The smallest absolute Gasteiger partial charge is 0.0624 e. The highest BCUT2D eigenvalue weighted by Crippen LogP contribution is 2.30. The van der Waals surface area contributed by atoms with E-state index in [0.29, 0.717) is 5.92 Å². The van der Waals surface area contributed by atoms with Crippen LogP contribution in [0.4, 0.5) is 5.69 Å². The van der Waals surface area contributed by atoms with E-state index >= 15 is 0 Å². The zero-order valence-electron chi connectivity index (χ0n) is 12.1. The lowest BCUT2D eigenvalue weighted by atomic mass is 10.0. The van der Waals surface area contributed by atoms with Crippen molar-refractivity contribution >= 4 is 16.6 Å². The fraction of sp³-hybridized carbons (Fsp3) is 0.500. The number of anilines is 1. The molecule has 3 rings (SSSR count). The van der Waals surface area contributed by atoms with E-state index in [-0.39, 0.29) is 0 Å². The molecule has 19 heavy (non-hydrogen) atoms. The number of piperazine rings is 1. The van der Waals surface area contributed by atoms with Gasteiger partial charge < -0.3 is 14.8 Å². The van der Waals surface area contributed by atoms with E-state index < -0.39 is 0 Å². The number of rotatable bonds is 2. The van der Waals surface area contributed by atoms with E-state index in [2.05, 4.69) is 60.1 Å². The van der Waals surface area contributed by atoms with E-state index in [4.69, 9.17) is 0 Å². The van der Waals surface area contributed by atoms with Crippen LogP contribution < -0.4 is 4.90 Å². The van der Waals surface area contributed by atoms with Crippen molar-refractivity contribution in [3.63, 3.8) is 0 Å². The monoisotopic (exact) mass is 257 g/mol. The van der Waals surface area contributed by atoms with Crippen LogP contribution in [-0.4, -0.2) is 43.1 Å². The third kappa shape index (κ3) is 2.35. The van der Waals surface area contributed by atoms with Crippen LogP contribution in [0.25, 0.3) is 10.9 Å². The Balaban J connectivity index is 1.97. The van der Waals surface area contributed by atoms with Gasteiger partial charge in [-0.1, -0.05) is 19.9 Å². The largest absolute Gasteiger partial charge is 0.367 e. The lowest BCUT2D eigenvalue weighted by molar-refractivity contribution is 0.313. The van der Waals surface area contributed by atoms with Crippen molar-refractivity contribution in [2.75, 3.05) is 38.1 Å². The van der Waals surface area contributed by atoms with Crippen molar-refractivity contribution in [1.29, 1.82) is 0 Å². The first kappa shape index (κ1) is 12.5. The zero-order chi connectivity index (χ0) is 13.4. The molecule has 3 nitrogen and oxygen atoms in total. The summed E-state index contributed by atoms with van der Waals surface area (Å²) < 4.78 is 0. The van der Waals surface area contributed by atoms with Gasteiger partial charge in [-0.05, 0) is 30.7 Å². The molecule has 1 aromatic carbocycles. The second-order valence-corrected chi connectivity index (χ2v) is 5.92. The summed E-state index contributed by atoms with van der Waals surface area (Å²) in [5.41, 5.74) is 4.03. The second kappa shape index (κ2) is 4.89. The number of hydrogen-bond acceptors (Lipinski definition) is 2.